The minimum atomic E-state index is 0.0238. The summed E-state index contributed by atoms with van der Waals surface area (Å²) in [6.45, 7) is 0. The van der Waals surface area contributed by atoms with E-state index >= 15 is 0 Å². The molecule has 2 aromatic rings. The number of benzene rings is 2. The fraction of sp³-hybridized carbons (Fsp3) is 0.133. The molecule has 20 heavy (non-hydrogen) atoms. The van der Waals surface area contributed by atoms with Gasteiger partial charge < -0.3 is 15.8 Å². The van der Waals surface area contributed by atoms with Gasteiger partial charge in [0, 0.05) is 22.6 Å². The number of carbonyl (C=O) groups is 1. The van der Waals surface area contributed by atoms with Crippen molar-refractivity contribution in [3.8, 4) is 11.5 Å². The Kier molecular flexibility index (Phi) is 3.36. The van der Waals surface area contributed by atoms with Gasteiger partial charge in [-0.1, -0.05) is 22.0 Å². The quantitative estimate of drug-likeness (QED) is 0.824. The third kappa shape index (κ3) is 2.63. The van der Waals surface area contributed by atoms with Crippen molar-refractivity contribution in [2.24, 2.45) is 0 Å². The Balaban J connectivity index is 1.94. The zero-order valence-corrected chi connectivity index (χ0v) is 12.2. The number of ether oxygens (including phenoxy) is 1. The third-order valence-corrected chi connectivity index (χ3v) is 3.65. The van der Waals surface area contributed by atoms with Crippen LogP contribution in [0.1, 0.15) is 12.0 Å². The van der Waals surface area contributed by atoms with Gasteiger partial charge >= 0.3 is 0 Å². The fourth-order valence-electron chi connectivity index (χ4n) is 2.17. The zero-order chi connectivity index (χ0) is 14.1. The van der Waals surface area contributed by atoms with Gasteiger partial charge in [-0.2, -0.15) is 0 Å². The molecule has 0 bridgehead atoms. The molecule has 0 aliphatic carbocycles. The van der Waals surface area contributed by atoms with Gasteiger partial charge in [0.1, 0.15) is 5.75 Å². The molecule has 102 valence electrons. The highest BCUT2D eigenvalue weighted by atomic mass is 79.9. The van der Waals surface area contributed by atoms with Crippen molar-refractivity contribution in [2.75, 3.05) is 11.1 Å². The lowest BCUT2D eigenvalue weighted by molar-refractivity contribution is -0.116. The molecule has 4 nitrogen and oxygen atoms in total. The van der Waals surface area contributed by atoms with E-state index in [0.29, 0.717) is 30.0 Å². The van der Waals surface area contributed by atoms with Crippen molar-refractivity contribution in [3.63, 3.8) is 0 Å². The predicted molar refractivity (Wildman–Crippen MR) is 82.0 cm³/mol. The summed E-state index contributed by atoms with van der Waals surface area (Å²) < 4.78 is 6.72. The van der Waals surface area contributed by atoms with E-state index in [0.717, 1.165) is 15.7 Å². The Morgan fingerprint density at radius 1 is 1.20 bits per heavy atom. The lowest BCUT2D eigenvalue weighted by atomic mass is 10.0. The van der Waals surface area contributed by atoms with Gasteiger partial charge in [0.15, 0.2) is 5.75 Å². The first-order valence-electron chi connectivity index (χ1n) is 6.27. The summed E-state index contributed by atoms with van der Waals surface area (Å²) in [7, 11) is 0. The van der Waals surface area contributed by atoms with Crippen LogP contribution in [0.4, 0.5) is 11.4 Å². The molecule has 1 aliphatic rings. The van der Waals surface area contributed by atoms with Gasteiger partial charge in [-0.25, -0.2) is 0 Å². The summed E-state index contributed by atoms with van der Waals surface area (Å²) in [6.07, 6.45) is 1.21. The van der Waals surface area contributed by atoms with Crippen molar-refractivity contribution in [1.82, 2.24) is 0 Å². The lowest BCUT2D eigenvalue weighted by Crippen LogP contribution is -2.19. The Bertz CT molecular complexity index is 686. The third-order valence-electron chi connectivity index (χ3n) is 3.16. The van der Waals surface area contributed by atoms with Crippen molar-refractivity contribution in [3.05, 3.63) is 46.4 Å². The van der Waals surface area contributed by atoms with Crippen LogP contribution >= 0.6 is 15.9 Å². The second kappa shape index (κ2) is 5.17. The maximum atomic E-state index is 11.4. The number of aryl methyl sites for hydroxylation is 1. The molecular formula is C15H13BrN2O2. The monoisotopic (exact) mass is 332 g/mol. The molecule has 1 heterocycles. The summed E-state index contributed by atoms with van der Waals surface area (Å²) in [6, 6.07) is 11.2. The topological polar surface area (TPSA) is 64.3 Å². The number of nitrogen functional groups attached to an aromatic ring is 1. The average molecular weight is 333 g/mol. The number of hydrogen-bond acceptors (Lipinski definition) is 3. The number of carbonyl (C=O) groups excluding carboxylic acids is 1. The number of amides is 1. The molecule has 0 saturated carbocycles. The highest BCUT2D eigenvalue weighted by molar-refractivity contribution is 9.10. The summed E-state index contributed by atoms with van der Waals surface area (Å²) in [5.74, 6) is 1.26. The van der Waals surface area contributed by atoms with Crippen molar-refractivity contribution < 1.29 is 9.53 Å². The lowest BCUT2D eigenvalue weighted by Gasteiger charge is -2.19. The molecule has 0 radical (unpaired) electrons. The number of fused-ring (bicyclic) bond motifs is 1. The Morgan fingerprint density at radius 2 is 2.05 bits per heavy atom. The molecule has 3 rings (SSSR count). The molecule has 0 unspecified atom stereocenters. The smallest absolute Gasteiger partial charge is 0.224 e. The van der Waals surface area contributed by atoms with Crippen LogP contribution in [0, 0.1) is 0 Å². The number of rotatable bonds is 2. The number of hydrogen-bond donors (Lipinski definition) is 2. The summed E-state index contributed by atoms with van der Waals surface area (Å²) in [4.78, 5) is 11.4. The molecule has 1 amide bonds. The van der Waals surface area contributed by atoms with Crippen LogP contribution in [0.15, 0.2) is 40.9 Å². The van der Waals surface area contributed by atoms with E-state index in [4.69, 9.17) is 10.5 Å². The second-order valence-electron chi connectivity index (χ2n) is 4.65. The van der Waals surface area contributed by atoms with Gasteiger partial charge in [-0.15, -0.1) is 0 Å². The van der Waals surface area contributed by atoms with E-state index in [1.165, 1.54) is 0 Å². The SMILES string of the molecule is Nc1cc2c(cc1Oc1cccc(Br)c1)NC(=O)CC2. The zero-order valence-electron chi connectivity index (χ0n) is 10.7. The van der Waals surface area contributed by atoms with Crippen molar-refractivity contribution in [2.45, 2.75) is 12.8 Å². The standard InChI is InChI=1S/C15H13BrN2O2/c16-10-2-1-3-11(7-10)20-14-8-13-9(6-12(14)17)4-5-15(19)18-13/h1-3,6-8H,4-5,17H2,(H,18,19). The minimum Gasteiger partial charge on any atom is -0.455 e. The Morgan fingerprint density at radius 3 is 2.85 bits per heavy atom. The van der Waals surface area contributed by atoms with Gasteiger partial charge in [0.25, 0.3) is 0 Å². The van der Waals surface area contributed by atoms with Crippen LogP contribution in [-0.4, -0.2) is 5.91 Å². The van der Waals surface area contributed by atoms with Crippen LogP contribution in [0.5, 0.6) is 11.5 Å². The number of nitrogens with two attached hydrogens (primary N) is 1. The molecule has 2 aromatic carbocycles. The van der Waals surface area contributed by atoms with E-state index in [1.54, 1.807) is 6.07 Å². The second-order valence-corrected chi connectivity index (χ2v) is 5.57. The van der Waals surface area contributed by atoms with E-state index in [1.807, 2.05) is 30.3 Å². The molecule has 0 atom stereocenters. The molecule has 0 aromatic heterocycles. The Hall–Kier alpha value is -2.01. The molecule has 0 saturated heterocycles. The van der Waals surface area contributed by atoms with E-state index in [9.17, 15) is 4.79 Å². The van der Waals surface area contributed by atoms with Crippen LogP contribution in [0.2, 0.25) is 0 Å². The Labute approximate surface area is 125 Å². The number of nitrogens with one attached hydrogen (secondary N) is 1. The minimum absolute atomic E-state index is 0.0238. The van der Waals surface area contributed by atoms with Gasteiger partial charge in [-0.05, 0) is 36.2 Å². The summed E-state index contributed by atoms with van der Waals surface area (Å²) in [5, 5.41) is 2.84. The molecule has 0 fully saturated rings. The van der Waals surface area contributed by atoms with E-state index < -0.39 is 0 Å². The van der Waals surface area contributed by atoms with Crippen LogP contribution in [0.25, 0.3) is 0 Å². The van der Waals surface area contributed by atoms with Gasteiger partial charge in [-0.3, -0.25) is 4.79 Å². The molecule has 3 N–H and O–H groups in total. The van der Waals surface area contributed by atoms with Gasteiger partial charge in [0.05, 0.1) is 5.69 Å². The maximum Gasteiger partial charge on any atom is 0.224 e. The van der Waals surface area contributed by atoms with Crippen LogP contribution < -0.4 is 15.8 Å². The molecule has 5 heteroatoms. The number of anilines is 2. The molecule has 0 spiro atoms. The molecular weight excluding hydrogens is 320 g/mol. The first-order chi connectivity index (χ1) is 9.61. The van der Waals surface area contributed by atoms with Gasteiger partial charge in [0.2, 0.25) is 5.91 Å². The van der Waals surface area contributed by atoms with Crippen molar-refractivity contribution in [1.29, 1.82) is 0 Å². The maximum absolute atomic E-state index is 11.4. The van der Waals surface area contributed by atoms with Crippen molar-refractivity contribution >= 4 is 33.2 Å². The van der Waals surface area contributed by atoms with Crippen LogP contribution in [-0.2, 0) is 11.2 Å². The fourth-order valence-corrected chi connectivity index (χ4v) is 2.55. The van der Waals surface area contributed by atoms with E-state index in [-0.39, 0.29) is 5.91 Å². The van der Waals surface area contributed by atoms with E-state index in [2.05, 4.69) is 21.2 Å². The normalized spacial score (nSPS) is 13.6. The van der Waals surface area contributed by atoms with Crippen LogP contribution in [0.3, 0.4) is 0 Å². The first-order valence-corrected chi connectivity index (χ1v) is 7.07. The predicted octanol–water partition coefficient (Wildman–Crippen LogP) is 3.71. The largest absolute Gasteiger partial charge is 0.455 e. The molecule has 1 aliphatic heterocycles. The highest BCUT2D eigenvalue weighted by Crippen LogP contribution is 2.35. The highest BCUT2D eigenvalue weighted by Gasteiger charge is 2.17. The summed E-state index contributed by atoms with van der Waals surface area (Å²) >= 11 is 3.39. The summed E-state index contributed by atoms with van der Waals surface area (Å²) in [5.41, 5.74) is 8.41. The first kappa shape index (κ1) is 13.0. The average Bonchev–Trinajstić information content (AvgIpc) is 2.40. The number of halogens is 1.